The van der Waals surface area contributed by atoms with Gasteiger partial charge in [-0.25, -0.2) is 21.8 Å². The third-order valence-corrected chi connectivity index (χ3v) is 12.4. The molecule has 0 radical (unpaired) electrons. The van der Waals surface area contributed by atoms with Gasteiger partial charge in [-0.2, -0.15) is 9.10 Å². The number of nitrogens with one attached hydrogen (secondary N) is 1. The molecule has 60 heavy (non-hydrogen) atoms. The third kappa shape index (κ3) is 10.6. The maximum absolute atomic E-state index is 16.1. The Labute approximate surface area is 350 Å². The smallest absolute Gasteiger partial charge is 0.407 e. The molecule has 5 aromatic rings. The molecule has 6 rings (SSSR count). The van der Waals surface area contributed by atoms with E-state index >= 15 is 12.8 Å². The van der Waals surface area contributed by atoms with Crippen LogP contribution in [0, 0.1) is 0 Å². The lowest BCUT2D eigenvalue weighted by Crippen LogP contribution is -2.53. The SMILES string of the molecule is COc1ccc(CN(Cc2ccc(OC)cc2)S(=O)(=O)c2c(S(=O)O)ccc(N3CC[C@H](NC(=O)OC(C)(C)C)[C@H](F)C3)c2-c2nnn(Cc3ccc(OC)cc3)n2)cc1. The van der Waals surface area contributed by atoms with Gasteiger partial charge < -0.3 is 33.7 Å². The highest BCUT2D eigenvalue weighted by Gasteiger charge is 2.39. The molecule has 16 nitrogen and oxygen atoms in total. The molecule has 1 aliphatic rings. The van der Waals surface area contributed by atoms with Crippen molar-refractivity contribution in [1.29, 1.82) is 0 Å². The normalized spacial score (nSPS) is 16.3. The molecule has 1 fully saturated rings. The molecule has 3 atom stereocenters. The summed E-state index contributed by atoms with van der Waals surface area (Å²) in [4.78, 5) is 14.5. The van der Waals surface area contributed by atoms with E-state index in [1.165, 1.54) is 35.5 Å². The number of carbonyl (C=O) groups excluding carboxylic acids is 1. The average molecular weight is 866 g/mol. The molecular formula is C41H48FN7O9S2. The van der Waals surface area contributed by atoms with Gasteiger partial charge in [0, 0.05) is 25.3 Å². The minimum absolute atomic E-state index is 0.119. The van der Waals surface area contributed by atoms with Crippen LogP contribution in [-0.4, -0.2) is 100 Å². The predicted octanol–water partition coefficient (Wildman–Crippen LogP) is 5.83. The van der Waals surface area contributed by atoms with Crippen LogP contribution in [0.3, 0.4) is 0 Å². The van der Waals surface area contributed by atoms with Gasteiger partial charge in [0.25, 0.3) is 0 Å². The van der Waals surface area contributed by atoms with Gasteiger partial charge in [-0.15, -0.1) is 10.2 Å². The third-order valence-electron chi connectivity index (χ3n) is 9.67. The number of hydrogen-bond donors (Lipinski definition) is 2. The molecule has 1 unspecified atom stereocenters. The highest BCUT2D eigenvalue weighted by molar-refractivity contribution is 7.90. The lowest BCUT2D eigenvalue weighted by atomic mass is 10.0. The van der Waals surface area contributed by atoms with E-state index in [4.69, 9.17) is 18.9 Å². The molecule has 2 heterocycles. The van der Waals surface area contributed by atoms with Crippen LogP contribution in [0.4, 0.5) is 14.9 Å². The number of hydrogen-bond acceptors (Lipinski definition) is 12. The summed E-state index contributed by atoms with van der Waals surface area (Å²) in [6.45, 7) is 4.79. The molecular weight excluding hydrogens is 818 g/mol. The first-order valence-corrected chi connectivity index (χ1v) is 21.5. The summed E-state index contributed by atoms with van der Waals surface area (Å²) in [6.07, 6.45) is -2.26. The lowest BCUT2D eigenvalue weighted by molar-refractivity contribution is 0.0463. The number of methoxy groups -OCH3 is 3. The number of halogens is 1. The molecule has 1 aromatic heterocycles. The molecule has 1 amide bonds. The van der Waals surface area contributed by atoms with Gasteiger partial charge in [0.05, 0.1) is 50.9 Å². The van der Waals surface area contributed by atoms with Gasteiger partial charge in [0.1, 0.15) is 33.9 Å². The summed E-state index contributed by atoms with van der Waals surface area (Å²) in [5.41, 5.74) is 1.22. The van der Waals surface area contributed by atoms with Crippen molar-refractivity contribution >= 4 is 32.9 Å². The first kappa shape index (κ1) is 43.9. The second-order valence-electron chi connectivity index (χ2n) is 15.0. The molecule has 4 aromatic carbocycles. The monoisotopic (exact) mass is 865 g/mol. The summed E-state index contributed by atoms with van der Waals surface area (Å²) in [6, 6.07) is 22.6. The predicted molar refractivity (Wildman–Crippen MR) is 222 cm³/mol. The van der Waals surface area contributed by atoms with E-state index < -0.39 is 54.8 Å². The molecule has 0 bridgehead atoms. The van der Waals surface area contributed by atoms with Crippen LogP contribution in [0.5, 0.6) is 17.2 Å². The van der Waals surface area contributed by atoms with E-state index in [2.05, 4.69) is 20.7 Å². The van der Waals surface area contributed by atoms with E-state index in [0.717, 1.165) is 5.56 Å². The minimum atomic E-state index is -4.77. The van der Waals surface area contributed by atoms with Crippen LogP contribution < -0.4 is 24.4 Å². The number of sulfonamides is 1. The summed E-state index contributed by atoms with van der Waals surface area (Å²) >= 11 is -2.85. The summed E-state index contributed by atoms with van der Waals surface area (Å²) in [5.74, 6) is 1.60. The van der Waals surface area contributed by atoms with Crippen molar-refractivity contribution < 1.29 is 45.3 Å². The van der Waals surface area contributed by atoms with E-state index in [-0.39, 0.29) is 56.2 Å². The van der Waals surface area contributed by atoms with Crippen LogP contribution >= 0.6 is 0 Å². The fourth-order valence-electron chi connectivity index (χ4n) is 6.70. The molecule has 0 saturated carbocycles. The second-order valence-corrected chi connectivity index (χ2v) is 17.8. The largest absolute Gasteiger partial charge is 0.497 e. The molecule has 19 heteroatoms. The molecule has 1 saturated heterocycles. The quantitative estimate of drug-likeness (QED) is 0.120. The number of amides is 1. The number of alkyl halides is 1. The first-order chi connectivity index (χ1) is 28.6. The fraction of sp³-hybridized carbons (Fsp3) is 0.366. The first-order valence-electron chi connectivity index (χ1n) is 18.9. The van der Waals surface area contributed by atoms with Crippen molar-refractivity contribution in [2.75, 3.05) is 39.3 Å². The van der Waals surface area contributed by atoms with Crippen LogP contribution in [0.2, 0.25) is 0 Å². The zero-order valence-corrected chi connectivity index (χ0v) is 35.7. The number of alkyl carbamates (subject to hydrolysis) is 1. The summed E-state index contributed by atoms with van der Waals surface area (Å²) in [5, 5.41) is 15.7. The molecule has 2 N–H and O–H groups in total. The van der Waals surface area contributed by atoms with Crippen LogP contribution in [0.1, 0.15) is 43.9 Å². The Kier molecular flexibility index (Phi) is 13.7. The summed E-state index contributed by atoms with van der Waals surface area (Å²) in [7, 11) is -0.172. The van der Waals surface area contributed by atoms with Gasteiger partial charge in [-0.05, 0) is 97.6 Å². The molecule has 0 spiro atoms. The van der Waals surface area contributed by atoms with Crippen molar-refractivity contribution in [1.82, 2.24) is 29.8 Å². The Hall–Kier alpha value is -5.63. The zero-order valence-electron chi connectivity index (χ0n) is 34.1. The number of tetrazole rings is 1. The Morgan fingerprint density at radius 1 is 0.883 bits per heavy atom. The van der Waals surface area contributed by atoms with Gasteiger partial charge in [0.2, 0.25) is 15.8 Å². The fourth-order valence-corrected chi connectivity index (χ4v) is 9.35. The number of anilines is 1. The number of carbonyl (C=O) groups is 1. The number of rotatable bonds is 15. The van der Waals surface area contributed by atoms with E-state index in [9.17, 15) is 13.6 Å². The number of aromatic nitrogens is 4. The highest BCUT2D eigenvalue weighted by Crippen LogP contribution is 2.41. The van der Waals surface area contributed by atoms with E-state index in [1.54, 1.807) is 93.4 Å². The molecule has 0 aliphatic carbocycles. The Morgan fingerprint density at radius 2 is 1.42 bits per heavy atom. The number of benzene rings is 4. The molecule has 320 valence electrons. The van der Waals surface area contributed by atoms with Gasteiger partial charge in [-0.1, -0.05) is 36.4 Å². The topological polar surface area (TPSA) is 188 Å². The Balaban J connectivity index is 1.48. The van der Waals surface area contributed by atoms with E-state index in [1.807, 2.05) is 12.1 Å². The van der Waals surface area contributed by atoms with Crippen LogP contribution in [0.15, 0.2) is 94.7 Å². The van der Waals surface area contributed by atoms with Crippen molar-refractivity contribution in [3.8, 4) is 28.6 Å². The standard InChI is InChI=1S/C41H48FN7O9S2/c1-41(2,3)58-40(50)43-34-21-22-47(26-33(34)42)35-19-20-36(59(51)52)38(37(35)39-44-46-49(45-39)25-29-11-17-32(57-6)18-12-29)60(53,54)48(23-27-7-13-30(55-4)14-8-27)24-28-9-15-31(56-5)16-10-28/h7-20,33-34H,21-26H2,1-6H3,(H,43,50)(H,51,52)/t33-,34+/m1/s1. The van der Waals surface area contributed by atoms with Crippen molar-refractivity contribution in [3.05, 3.63) is 102 Å². The maximum atomic E-state index is 16.1. The highest BCUT2D eigenvalue weighted by atomic mass is 32.2. The summed E-state index contributed by atoms with van der Waals surface area (Å²) < 4.78 is 93.4. The lowest BCUT2D eigenvalue weighted by Gasteiger charge is -2.37. The minimum Gasteiger partial charge on any atom is -0.497 e. The van der Waals surface area contributed by atoms with Crippen molar-refractivity contribution in [2.24, 2.45) is 0 Å². The van der Waals surface area contributed by atoms with Crippen molar-refractivity contribution in [3.63, 3.8) is 0 Å². The maximum Gasteiger partial charge on any atom is 0.407 e. The second kappa shape index (κ2) is 18.7. The van der Waals surface area contributed by atoms with Gasteiger partial charge >= 0.3 is 6.09 Å². The van der Waals surface area contributed by atoms with Gasteiger partial charge in [-0.3, -0.25) is 0 Å². The number of nitrogens with zero attached hydrogens (tertiary/aromatic N) is 6. The van der Waals surface area contributed by atoms with Crippen molar-refractivity contribution in [2.45, 2.75) is 74.4 Å². The van der Waals surface area contributed by atoms with Crippen LogP contribution in [0.25, 0.3) is 11.4 Å². The molecule has 1 aliphatic heterocycles. The van der Waals surface area contributed by atoms with Gasteiger partial charge in [0.15, 0.2) is 11.1 Å². The Bertz CT molecular complexity index is 2340. The number of ether oxygens (including phenoxy) is 4. The van der Waals surface area contributed by atoms with E-state index in [0.29, 0.717) is 28.4 Å². The van der Waals surface area contributed by atoms with Crippen LogP contribution in [-0.2, 0) is 45.5 Å². The average Bonchev–Trinajstić information content (AvgIpc) is 3.69. The number of piperidine rings is 1. The Morgan fingerprint density at radius 3 is 1.90 bits per heavy atom. The zero-order chi connectivity index (χ0) is 43.2.